The topological polar surface area (TPSA) is 76.1 Å². The van der Waals surface area contributed by atoms with E-state index in [1.54, 1.807) is 18.9 Å². The normalized spacial score (nSPS) is 51.9. The van der Waals surface area contributed by atoms with Crippen LogP contribution in [0.2, 0.25) is 0 Å². The van der Waals surface area contributed by atoms with E-state index in [-0.39, 0.29) is 24.5 Å². The van der Waals surface area contributed by atoms with E-state index < -0.39 is 70.4 Å². The Bertz CT molecular complexity index is 1040. The number of allylic oxidation sites excluding steroid dienone is 4. The van der Waals surface area contributed by atoms with Gasteiger partial charge in [-0.1, -0.05) is 13.0 Å². The highest BCUT2D eigenvalue weighted by atomic mass is 19.1. The summed E-state index contributed by atoms with van der Waals surface area (Å²) in [5, 5.41) is 13.2. The lowest BCUT2D eigenvalue weighted by molar-refractivity contribution is -0.270. The lowest BCUT2D eigenvalue weighted by Gasteiger charge is -2.63. The quantitative estimate of drug-likeness (QED) is 0.627. The van der Waals surface area contributed by atoms with Crippen LogP contribution >= 0.6 is 0 Å². The van der Waals surface area contributed by atoms with E-state index in [4.69, 9.17) is 9.57 Å². The number of fused-ring (bicyclic) bond motifs is 7. The number of aliphatic hydroxyl groups excluding tert-OH is 1. The molecule has 2 heterocycles. The minimum Gasteiger partial charge on any atom is -0.390 e. The van der Waals surface area contributed by atoms with Gasteiger partial charge in [-0.2, -0.15) is 5.06 Å². The molecule has 0 aromatic heterocycles. The highest BCUT2D eigenvalue weighted by Gasteiger charge is 2.79. The Labute approximate surface area is 208 Å². The van der Waals surface area contributed by atoms with Gasteiger partial charge in [-0.15, -0.1) is 0 Å². The lowest BCUT2D eigenvalue weighted by atomic mass is 9.44. The van der Waals surface area contributed by atoms with E-state index in [9.17, 15) is 19.1 Å². The lowest BCUT2D eigenvalue weighted by Crippen LogP contribution is -2.70. The maximum atomic E-state index is 17.3. The van der Waals surface area contributed by atoms with Crippen molar-refractivity contribution in [3.8, 4) is 0 Å². The minimum absolute atomic E-state index is 0.0306. The van der Waals surface area contributed by atoms with Gasteiger partial charge in [0.15, 0.2) is 29.5 Å². The van der Waals surface area contributed by atoms with Gasteiger partial charge in [-0.3, -0.25) is 14.4 Å². The average Bonchev–Trinajstić information content (AvgIpc) is 3.53. The number of ether oxygens (including phenoxy) is 1. The van der Waals surface area contributed by atoms with Gasteiger partial charge in [0.1, 0.15) is 6.17 Å². The number of hydrogen-bond acceptors (Lipinski definition) is 6. The third-order valence-corrected chi connectivity index (χ3v) is 10.6. The van der Waals surface area contributed by atoms with Crippen LogP contribution in [-0.2, 0) is 19.2 Å². The number of carbonyl (C=O) groups excluding carboxylic acids is 2. The number of rotatable bonds is 4. The molecule has 0 aromatic carbocycles. The van der Waals surface area contributed by atoms with Gasteiger partial charge < -0.3 is 9.84 Å². The van der Waals surface area contributed by atoms with Crippen LogP contribution < -0.4 is 0 Å². The average molecular weight is 510 g/mol. The number of Topliss-reactive ketones (excluding diaryl/α,β-unsaturated/α-hetero) is 1. The molecular formula is C27H34F3NO5. The van der Waals surface area contributed by atoms with E-state index >= 15 is 8.78 Å². The number of hydroxylamine groups is 2. The Balaban J connectivity index is 1.40. The summed E-state index contributed by atoms with van der Waals surface area (Å²) in [4.78, 5) is 31.7. The highest BCUT2D eigenvalue weighted by molar-refractivity contribution is 6.01. The first kappa shape index (κ1) is 24.8. The van der Waals surface area contributed by atoms with Crippen molar-refractivity contribution in [3.05, 3.63) is 23.8 Å². The van der Waals surface area contributed by atoms with Gasteiger partial charge in [0.25, 0.3) is 0 Å². The summed E-state index contributed by atoms with van der Waals surface area (Å²) in [6.45, 7) is 3.60. The molecule has 3 saturated carbocycles. The molecule has 0 spiro atoms. The number of hydrogen-bond donors (Lipinski definition) is 1. The van der Waals surface area contributed by atoms with Crippen molar-refractivity contribution >= 4 is 11.6 Å². The number of halogens is 3. The second-order valence-electron chi connectivity index (χ2n) is 12.2. The van der Waals surface area contributed by atoms with Crippen molar-refractivity contribution in [2.24, 2.45) is 28.6 Å². The van der Waals surface area contributed by atoms with Crippen LogP contribution in [0.1, 0.15) is 46.0 Å². The minimum atomic E-state index is -2.24. The molecule has 0 amide bonds. The predicted molar refractivity (Wildman–Crippen MR) is 123 cm³/mol. The van der Waals surface area contributed by atoms with Gasteiger partial charge in [0, 0.05) is 35.8 Å². The Kier molecular flexibility index (Phi) is 5.49. The second kappa shape index (κ2) is 7.98. The van der Waals surface area contributed by atoms with Crippen molar-refractivity contribution in [2.45, 2.75) is 75.6 Å². The summed E-state index contributed by atoms with van der Waals surface area (Å²) in [6, 6.07) is 0. The molecule has 4 aliphatic carbocycles. The van der Waals surface area contributed by atoms with Gasteiger partial charge >= 0.3 is 0 Å². The molecule has 2 saturated heterocycles. The fourth-order valence-corrected chi connectivity index (χ4v) is 9.05. The summed E-state index contributed by atoms with van der Waals surface area (Å²) in [5.41, 5.74) is -6.31. The molecule has 6 aliphatic rings. The summed E-state index contributed by atoms with van der Waals surface area (Å²) in [7, 11) is 0. The molecule has 1 unspecified atom stereocenters. The second-order valence-corrected chi connectivity index (χ2v) is 12.2. The third-order valence-electron chi connectivity index (χ3n) is 10.6. The van der Waals surface area contributed by atoms with E-state index in [1.165, 1.54) is 12.2 Å². The smallest absolute Gasteiger partial charge is 0.198 e. The fraction of sp³-hybridized carbons (Fsp3) is 0.778. The van der Waals surface area contributed by atoms with E-state index in [0.717, 1.165) is 18.9 Å². The first-order valence-electron chi connectivity index (χ1n) is 13.1. The van der Waals surface area contributed by atoms with Crippen molar-refractivity contribution in [1.29, 1.82) is 0 Å². The number of carbonyl (C=O) groups is 2. The first-order chi connectivity index (χ1) is 17.0. The number of aliphatic hydroxyl groups is 1. The van der Waals surface area contributed by atoms with Crippen LogP contribution in [0.15, 0.2) is 23.8 Å². The van der Waals surface area contributed by atoms with Crippen molar-refractivity contribution in [1.82, 2.24) is 5.06 Å². The van der Waals surface area contributed by atoms with Crippen molar-refractivity contribution in [3.63, 3.8) is 0 Å². The number of alkyl halides is 3. The molecule has 0 bridgehead atoms. The molecule has 0 radical (unpaired) electrons. The van der Waals surface area contributed by atoms with Gasteiger partial charge in [-0.25, -0.2) is 13.2 Å². The van der Waals surface area contributed by atoms with Crippen LogP contribution in [0.5, 0.6) is 0 Å². The molecular weight excluding hydrogens is 475 g/mol. The maximum Gasteiger partial charge on any atom is 0.198 e. The van der Waals surface area contributed by atoms with Crippen LogP contribution in [0, 0.1) is 28.6 Å². The molecule has 0 aromatic rings. The monoisotopic (exact) mass is 509 g/mol. The largest absolute Gasteiger partial charge is 0.390 e. The van der Waals surface area contributed by atoms with Crippen LogP contribution in [-0.4, -0.2) is 77.8 Å². The number of ketones is 2. The van der Waals surface area contributed by atoms with Crippen molar-refractivity contribution < 1.29 is 37.4 Å². The van der Waals surface area contributed by atoms with Gasteiger partial charge in [0.2, 0.25) is 0 Å². The van der Waals surface area contributed by atoms with Crippen LogP contribution in [0.3, 0.4) is 0 Å². The molecule has 9 heteroatoms. The summed E-state index contributed by atoms with van der Waals surface area (Å²) < 4.78 is 52.8. The Hall–Kier alpha value is -1.55. The molecule has 5 fully saturated rings. The molecule has 1 N–H and O–H groups in total. The van der Waals surface area contributed by atoms with E-state index in [1.807, 2.05) is 0 Å². The predicted octanol–water partition coefficient (Wildman–Crippen LogP) is 3.23. The Morgan fingerprint density at radius 2 is 2.06 bits per heavy atom. The van der Waals surface area contributed by atoms with Crippen molar-refractivity contribution in [2.75, 3.05) is 26.4 Å². The van der Waals surface area contributed by atoms with E-state index in [0.29, 0.717) is 26.1 Å². The fourth-order valence-electron chi connectivity index (χ4n) is 9.05. The van der Waals surface area contributed by atoms with Crippen LogP contribution in [0.25, 0.3) is 0 Å². The first-order valence-corrected chi connectivity index (χ1v) is 13.1. The van der Waals surface area contributed by atoms with E-state index in [2.05, 4.69) is 0 Å². The highest BCUT2D eigenvalue weighted by Crippen LogP contribution is 2.72. The molecule has 6 rings (SSSR count). The van der Waals surface area contributed by atoms with Gasteiger partial charge in [-0.05, 0) is 62.7 Å². The summed E-state index contributed by atoms with van der Waals surface area (Å²) >= 11 is 0. The zero-order valence-corrected chi connectivity index (χ0v) is 20.7. The molecule has 36 heavy (non-hydrogen) atoms. The molecule has 10 atom stereocenters. The zero-order valence-electron chi connectivity index (χ0n) is 20.7. The number of nitrogens with zero attached hydrogens (tertiary/aromatic N) is 1. The standard InChI is InChI=1S/C27H34F3NO5/c1-24-6-5-16(32)9-20(24)21(29)10-19-18-8-15-13-31(14-17-4-3-7-35-17)36-27(15,23(34)12-28)25(18,2)11-22(33)26(19,24)30/h5-6,9,15,17-19,21-22,33H,3-4,7-8,10-14H2,1-2H3/t15-,17?,18-,19-,21-,22-,24-,25-,26-,27-/m0/s1. The SMILES string of the molecule is C[C@]12C=CC(=O)C=C1[C@@H](F)C[C@H]1[C@@H]3C[C@H]4CN(CC5CCCO5)O[C@@]4(C(=O)CF)[C@@]3(C)C[C@H](O)[C@@]12F. The summed E-state index contributed by atoms with van der Waals surface area (Å²) in [6.07, 6.45) is 2.52. The summed E-state index contributed by atoms with van der Waals surface area (Å²) in [5.74, 6) is -2.93. The molecule has 6 nitrogen and oxygen atoms in total. The molecule has 2 aliphatic heterocycles. The molecule has 198 valence electrons. The van der Waals surface area contributed by atoms with Crippen LogP contribution in [0.4, 0.5) is 13.2 Å². The Morgan fingerprint density at radius 3 is 2.75 bits per heavy atom. The van der Waals surface area contributed by atoms with Gasteiger partial charge in [0.05, 0.1) is 18.8 Å². The Morgan fingerprint density at radius 1 is 1.28 bits per heavy atom. The maximum absolute atomic E-state index is 17.3. The zero-order chi connectivity index (χ0) is 25.7. The third kappa shape index (κ3) is 2.89.